The van der Waals surface area contributed by atoms with Gasteiger partial charge in [-0.05, 0) is 33.7 Å². The molecule has 78 valence electrons. The molecule has 3 heterocycles. The molecule has 0 saturated heterocycles. The molecule has 2 aromatic heterocycles. The fourth-order valence-corrected chi connectivity index (χ4v) is 6.19. The van der Waals surface area contributed by atoms with Gasteiger partial charge >= 0.3 is 0 Å². The Morgan fingerprint density at radius 3 is 1.88 bits per heavy atom. The van der Waals surface area contributed by atoms with E-state index in [-0.39, 0.29) is 0 Å². The van der Waals surface area contributed by atoms with E-state index in [1.54, 1.807) is 0 Å². The van der Waals surface area contributed by atoms with Gasteiger partial charge in [0.05, 0.1) is 4.24 Å². The van der Waals surface area contributed by atoms with Crippen LogP contribution in [0.2, 0.25) is 0 Å². The smallest absolute Gasteiger partial charge is 0.0588 e. The van der Waals surface area contributed by atoms with Crippen molar-refractivity contribution in [1.29, 1.82) is 0 Å². The maximum atomic E-state index is 2.25. The molecule has 0 N–H and O–H groups in total. The largest absolute Gasteiger partial charge is 0.143 e. The highest BCUT2D eigenvalue weighted by Crippen LogP contribution is 2.55. The zero-order valence-corrected chi connectivity index (χ0v) is 11.4. The highest BCUT2D eigenvalue weighted by Gasteiger charge is 2.29. The molecule has 1 aliphatic heterocycles. The first-order chi connectivity index (χ1) is 7.95. The monoisotopic (exact) mass is 278 g/mol. The SMILES string of the molecule is C1=CSC(=C2c3sccc3-c3ccsc32)S1. The number of hydrogen-bond donors (Lipinski definition) is 0. The van der Waals surface area contributed by atoms with Crippen molar-refractivity contribution in [2.24, 2.45) is 0 Å². The van der Waals surface area contributed by atoms with Crippen LogP contribution in [0, 0.1) is 0 Å². The van der Waals surface area contributed by atoms with Gasteiger partial charge in [-0.15, -0.1) is 22.7 Å². The van der Waals surface area contributed by atoms with Crippen molar-refractivity contribution in [2.75, 3.05) is 0 Å². The number of hydrogen-bond acceptors (Lipinski definition) is 4. The van der Waals surface area contributed by atoms with E-state index in [9.17, 15) is 0 Å². The maximum absolute atomic E-state index is 2.25. The van der Waals surface area contributed by atoms with Gasteiger partial charge in [0.15, 0.2) is 0 Å². The van der Waals surface area contributed by atoms with Crippen LogP contribution in [0.1, 0.15) is 9.75 Å². The summed E-state index contributed by atoms with van der Waals surface area (Å²) < 4.78 is 1.44. The van der Waals surface area contributed by atoms with Gasteiger partial charge in [0, 0.05) is 26.5 Å². The summed E-state index contributed by atoms with van der Waals surface area (Å²) in [5, 5.41) is 8.74. The Hall–Kier alpha value is -0.420. The number of thiophene rings is 2. The van der Waals surface area contributed by atoms with E-state index in [4.69, 9.17) is 0 Å². The number of thioether (sulfide) groups is 2. The second-order valence-electron chi connectivity index (χ2n) is 3.50. The van der Waals surface area contributed by atoms with Crippen LogP contribution in [0.3, 0.4) is 0 Å². The van der Waals surface area contributed by atoms with E-state index in [2.05, 4.69) is 33.7 Å². The predicted octanol–water partition coefficient (Wildman–Crippen LogP) is 5.46. The summed E-state index contributed by atoms with van der Waals surface area (Å²) in [6, 6.07) is 4.49. The van der Waals surface area contributed by atoms with Crippen molar-refractivity contribution in [3.8, 4) is 11.1 Å². The van der Waals surface area contributed by atoms with E-state index in [0.29, 0.717) is 0 Å². The standard InChI is InChI=1S/C12H6S4/c1-3-13-10-7(1)8-2-4-14-11(8)9(10)12-15-5-6-16-12/h1-6H. The molecule has 2 aromatic rings. The minimum Gasteiger partial charge on any atom is -0.143 e. The van der Waals surface area contributed by atoms with Crippen LogP contribution in [-0.2, 0) is 0 Å². The lowest BCUT2D eigenvalue weighted by molar-refractivity contribution is 1.86. The van der Waals surface area contributed by atoms with Crippen molar-refractivity contribution < 1.29 is 0 Å². The third kappa shape index (κ3) is 1.19. The van der Waals surface area contributed by atoms with Gasteiger partial charge in [0.2, 0.25) is 0 Å². The Morgan fingerprint density at radius 1 is 0.750 bits per heavy atom. The third-order valence-electron chi connectivity index (χ3n) is 2.68. The van der Waals surface area contributed by atoms with E-state index < -0.39 is 0 Å². The molecule has 0 aromatic carbocycles. The fraction of sp³-hybridized carbons (Fsp3) is 0. The van der Waals surface area contributed by atoms with E-state index in [1.165, 1.54) is 30.7 Å². The Labute approximate surface area is 110 Å². The van der Waals surface area contributed by atoms with Crippen LogP contribution in [0.15, 0.2) is 37.9 Å². The van der Waals surface area contributed by atoms with Crippen LogP contribution >= 0.6 is 46.2 Å². The molecule has 0 bridgehead atoms. The Balaban J connectivity index is 2.06. The lowest BCUT2D eigenvalue weighted by Gasteiger charge is -2.02. The average molecular weight is 278 g/mol. The molecule has 4 heteroatoms. The first-order valence-electron chi connectivity index (χ1n) is 4.84. The second kappa shape index (κ2) is 3.53. The van der Waals surface area contributed by atoms with Gasteiger partial charge in [-0.25, -0.2) is 0 Å². The van der Waals surface area contributed by atoms with Gasteiger partial charge in [-0.3, -0.25) is 0 Å². The molecule has 0 amide bonds. The molecule has 16 heavy (non-hydrogen) atoms. The molecule has 0 unspecified atom stereocenters. The number of fused-ring (bicyclic) bond motifs is 3. The van der Waals surface area contributed by atoms with E-state index in [0.717, 1.165) is 0 Å². The molecular weight excluding hydrogens is 272 g/mol. The van der Waals surface area contributed by atoms with E-state index >= 15 is 0 Å². The highest BCUT2D eigenvalue weighted by atomic mass is 32.2. The normalized spacial score (nSPS) is 17.0. The first kappa shape index (κ1) is 9.59. The van der Waals surface area contributed by atoms with Crippen molar-refractivity contribution in [3.63, 3.8) is 0 Å². The van der Waals surface area contributed by atoms with Gasteiger partial charge in [-0.1, -0.05) is 23.5 Å². The first-order valence-corrected chi connectivity index (χ1v) is 8.36. The lowest BCUT2D eigenvalue weighted by Crippen LogP contribution is -1.76. The maximum Gasteiger partial charge on any atom is 0.0588 e. The fourth-order valence-electron chi connectivity index (χ4n) is 2.04. The van der Waals surface area contributed by atoms with Gasteiger partial charge in [0.25, 0.3) is 0 Å². The summed E-state index contributed by atoms with van der Waals surface area (Å²) in [6.07, 6.45) is 0. The van der Waals surface area contributed by atoms with Crippen molar-refractivity contribution >= 4 is 51.8 Å². The van der Waals surface area contributed by atoms with E-state index in [1.807, 2.05) is 46.2 Å². The summed E-state index contributed by atoms with van der Waals surface area (Å²) in [6.45, 7) is 0. The molecule has 0 spiro atoms. The quantitative estimate of drug-likeness (QED) is 0.535. The average Bonchev–Trinajstić information content (AvgIpc) is 3.00. The minimum atomic E-state index is 1.43. The summed E-state index contributed by atoms with van der Waals surface area (Å²) in [5.74, 6) is 0. The molecule has 2 aliphatic rings. The van der Waals surface area contributed by atoms with Crippen LogP contribution in [0.5, 0.6) is 0 Å². The van der Waals surface area contributed by atoms with Crippen LogP contribution in [0.25, 0.3) is 16.7 Å². The minimum absolute atomic E-state index is 1.43. The second-order valence-corrected chi connectivity index (χ2v) is 7.42. The van der Waals surface area contributed by atoms with Gasteiger partial charge < -0.3 is 0 Å². The lowest BCUT2D eigenvalue weighted by atomic mass is 10.2. The molecule has 1 aliphatic carbocycles. The van der Waals surface area contributed by atoms with Crippen molar-refractivity contribution in [2.45, 2.75) is 0 Å². The molecule has 0 saturated carbocycles. The molecule has 0 radical (unpaired) electrons. The molecule has 0 atom stereocenters. The van der Waals surface area contributed by atoms with Crippen LogP contribution < -0.4 is 0 Å². The molecular formula is C12H6S4. The third-order valence-corrected chi connectivity index (χ3v) is 6.68. The van der Waals surface area contributed by atoms with Crippen molar-refractivity contribution in [1.82, 2.24) is 0 Å². The highest BCUT2D eigenvalue weighted by molar-refractivity contribution is 8.27. The van der Waals surface area contributed by atoms with Gasteiger partial charge in [-0.2, -0.15) is 0 Å². The zero-order valence-electron chi connectivity index (χ0n) is 8.10. The summed E-state index contributed by atoms with van der Waals surface area (Å²) in [5.41, 5.74) is 4.32. The van der Waals surface area contributed by atoms with Crippen LogP contribution in [-0.4, -0.2) is 0 Å². The van der Waals surface area contributed by atoms with Crippen molar-refractivity contribution in [3.05, 3.63) is 47.7 Å². The molecule has 0 fully saturated rings. The summed E-state index contributed by atoms with van der Waals surface area (Å²) >= 11 is 7.42. The zero-order chi connectivity index (χ0) is 10.5. The summed E-state index contributed by atoms with van der Waals surface area (Å²) in [7, 11) is 0. The molecule has 4 rings (SSSR count). The summed E-state index contributed by atoms with van der Waals surface area (Å²) in [4.78, 5) is 2.92. The Bertz CT molecular complexity index is 575. The molecule has 0 nitrogen and oxygen atoms in total. The van der Waals surface area contributed by atoms with Crippen LogP contribution in [0.4, 0.5) is 0 Å². The topological polar surface area (TPSA) is 0 Å². The number of rotatable bonds is 0. The van der Waals surface area contributed by atoms with Gasteiger partial charge in [0.1, 0.15) is 0 Å². The Kier molecular flexibility index (Phi) is 2.12. The Morgan fingerprint density at radius 2 is 1.31 bits per heavy atom. The predicted molar refractivity (Wildman–Crippen MR) is 78.0 cm³/mol.